The van der Waals surface area contributed by atoms with Gasteiger partial charge in [0.25, 0.3) is 0 Å². The van der Waals surface area contributed by atoms with Gasteiger partial charge in [0, 0.05) is 0 Å². The van der Waals surface area contributed by atoms with E-state index in [1.807, 2.05) is 0 Å². The number of methoxy groups -OCH3 is 1. The van der Waals surface area contributed by atoms with Gasteiger partial charge in [0.1, 0.15) is 11.4 Å². The van der Waals surface area contributed by atoms with Gasteiger partial charge in [-0.3, -0.25) is 10.1 Å². The van der Waals surface area contributed by atoms with Crippen molar-refractivity contribution in [3.8, 4) is 5.75 Å². The summed E-state index contributed by atoms with van der Waals surface area (Å²) in [4.78, 5) is 23.1. The fraction of sp³-hybridized carbons (Fsp3) is 0.529. The summed E-state index contributed by atoms with van der Waals surface area (Å²) in [6.07, 6.45) is 1.30. The largest absolute Gasteiger partial charge is 0.495 e. The fourth-order valence-electron chi connectivity index (χ4n) is 2.37. The molecule has 23 heavy (non-hydrogen) atoms. The first-order valence-corrected chi connectivity index (χ1v) is 7.55. The number of aliphatic carboxylic acids is 1. The summed E-state index contributed by atoms with van der Waals surface area (Å²) in [7, 11) is 1.50. The van der Waals surface area contributed by atoms with Crippen molar-refractivity contribution in [2.45, 2.75) is 45.6 Å². The number of nitrogens with one attached hydrogen (secondary N) is 1. The van der Waals surface area contributed by atoms with Gasteiger partial charge < -0.3 is 14.6 Å². The summed E-state index contributed by atoms with van der Waals surface area (Å²) in [6, 6.07) is 5.27. The van der Waals surface area contributed by atoms with Crippen LogP contribution in [0.5, 0.6) is 5.75 Å². The lowest BCUT2D eigenvalue weighted by molar-refractivity contribution is -0.143. The van der Waals surface area contributed by atoms with E-state index in [0.717, 1.165) is 5.56 Å². The minimum atomic E-state index is -0.757. The molecule has 2 N–H and O–H groups in total. The topological polar surface area (TPSA) is 84.9 Å². The van der Waals surface area contributed by atoms with Crippen molar-refractivity contribution in [1.29, 1.82) is 0 Å². The molecular weight excluding hydrogens is 298 g/mol. The number of ether oxygens (including phenoxy) is 2. The Labute approximate surface area is 135 Å². The summed E-state index contributed by atoms with van der Waals surface area (Å²) in [6.45, 7) is 5.36. The standard InChI is InChI=1S/C17H23NO5/c1-16(2,3)23-15(21)18-12-6-5-11(9-13(12)22-4)10-17(7-8-17)14(19)20/h5-6,9H,7-8,10H2,1-4H3,(H,18,21)(H,19,20). The summed E-state index contributed by atoms with van der Waals surface area (Å²) in [5.41, 5.74) is 0.143. The lowest BCUT2D eigenvalue weighted by atomic mass is 9.96. The SMILES string of the molecule is COc1cc(CC2(C(=O)O)CC2)ccc1NC(=O)OC(C)(C)C. The van der Waals surface area contributed by atoms with Crippen molar-refractivity contribution >= 4 is 17.7 Å². The van der Waals surface area contributed by atoms with Gasteiger partial charge in [0.05, 0.1) is 18.2 Å². The third-order valence-electron chi connectivity index (χ3n) is 3.75. The molecule has 1 aromatic carbocycles. The number of hydrogen-bond donors (Lipinski definition) is 2. The van der Waals surface area contributed by atoms with Crippen LogP contribution in [-0.4, -0.2) is 29.9 Å². The Balaban J connectivity index is 2.11. The minimum absolute atomic E-state index is 0.464. The molecule has 0 unspecified atom stereocenters. The smallest absolute Gasteiger partial charge is 0.412 e. The number of rotatable bonds is 5. The molecule has 126 valence electrons. The predicted octanol–water partition coefficient (Wildman–Crippen LogP) is 3.45. The average molecular weight is 321 g/mol. The number of carboxylic acids is 1. The molecule has 1 aromatic rings. The van der Waals surface area contributed by atoms with E-state index in [1.54, 1.807) is 39.0 Å². The lowest BCUT2D eigenvalue weighted by Gasteiger charge is -2.20. The Kier molecular flexibility index (Phi) is 4.54. The first kappa shape index (κ1) is 17.1. The van der Waals surface area contributed by atoms with Crippen molar-refractivity contribution in [2.75, 3.05) is 12.4 Å². The van der Waals surface area contributed by atoms with Crippen molar-refractivity contribution in [3.63, 3.8) is 0 Å². The number of amides is 1. The molecule has 1 amide bonds. The van der Waals surface area contributed by atoms with Crippen molar-refractivity contribution in [2.24, 2.45) is 5.41 Å². The van der Waals surface area contributed by atoms with Crippen LogP contribution in [-0.2, 0) is 16.0 Å². The van der Waals surface area contributed by atoms with Crippen LogP contribution >= 0.6 is 0 Å². The van der Waals surface area contributed by atoms with Crippen molar-refractivity contribution in [1.82, 2.24) is 0 Å². The minimum Gasteiger partial charge on any atom is -0.495 e. The summed E-state index contributed by atoms with van der Waals surface area (Å²) in [5, 5.41) is 11.9. The zero-order valence-corrected chi connectivity index (χ0v) is 13.9. The second kappa shape index (κ2) is 6.10. The maximum atomic E-state index is 11.8. The molecule has 1 fully saturated rings. The van der Waals surface area contributed by atoms with Crippen LogP contribution in [0, 0.1) is 5.41 Å². The van der Waals surface area contributed by atoms with E-state index >= 15 is 0 Å². The molecule has 0 aromatic heterocycles. The van der Waals surface area contributed by atoms with Crippen LogP contribution in [0.1, 0.15) is 39.2 Å². The highest BCUT2D eigenvalue weighted by Gasteiger charge is 2.50. The van der Waals surface area contributed by atoms with E-state index in [9.17, 15) is 14.7 Å². The van der Waals surface area contributed by atoms with E-state index in [2.05, 4.69) is 5.32 Å². The molecule has 1 saturated carbocycles. The summed E-state index contributed by atoms with van der Waals surface area (Å²) in [5.74, 6) is -0.276. The van der Waals surface area contributed by atoms with Gasteiger partial charge in [0.2, 0.25) is 0 Å². The van der Waals surface area contributed by atoms with Gasteiger partial charge in [-0.15, -0.1) is 0 Å². The van der Waals surface area contributed by atoms with Crippen LogP contribution in [0.2, 0.25) is 0 Å². The Bertz CT molecular complexity index is 614. The van der Waals surface area contributed by atoms with Crippen LogP contribution < -0.4 is 10.1 Å². The number of carbonyl (C=O) groups is 2. The molecule has 6 nitrogen and oxygen atoms in total. The van der Waals surface area contributed by atoms with Crippen LogP contribution in [0.4, 0.5) is 10.5 Å². The Morgan fingerprint density at radius 3 is 2.43 bits per heavy atom. The third-order valence-corrected chi connectivity index (χ3v) is 3.75. The van der Waals surface area contributed by atoms with Gasteiger partial charge in [-0.25, -0.2) is 4.79 Å². The number of hydrogen-bond acceptors (Lipinski definition) is 4. The first-order chi connectivity index (χ1) is 10.6. The fourth-order valence-corrected chi connectivity index (χ4v) is 2.37. The van der Waals surface area contributed by atoms with Gasteiger partial charge in [0.15, 0.2) is 0 Å². The maximum Gasteiger partial charge on any atom is 0.412 e. The average Bonchev–Trinajstić information content (AvgIpc) is 3.19. The zero-order chi connectivity index (χ0) is 17.3. The predicted molar refractivity (Wildman–Crippen MR) is 85.9 cm³/mol. The molecule has 0 radical (unpaired) electrons. The molecule has 1 aliphatic carbocycles. The number of carbonyl (C=O) groups excluding carboxylic acids is 1. The molecule has 0 atom stereocenters. The van der Waals surface area contributed by atoms with Crippen LogP contribution in [0.25, 0.3) is 0 Å². The van der Waals surface area contributed by atoms with Gasteiger partial charge >= 0.3 is 12.1 Å². The number of carboxylic acid groups (broad SMARTS) is 1. The molecule has 0 saturated heterocycles. The van der Waals surface area contributed by atoms with E-state index < -0.39 is 23.1 Å². The normalized spacial score (nSPS) is 15.7. The zero-order valence-electron chi connectivity index (χ0n) is 13.9. The molecular formula is C17H23NO5. The van der Waals surface area contributed by atoms with E-state index in [-0.39, 0.29) is 0 Å². The molecule has 2 rings (SSSR count). The highest BCUT2D eigenvalue weighted by Crippen LogP contribution is 2.49. The van der Waals surface area contributed by atoms with Gasteiger partial charge in [-0.05, 0) is 57.7 Å². The highest BCUT2D eigenvalue weighted by atomic mass is 16.6. The Hall–Kier alpha value is -2.24. The summed E-state index contributed by atoms with van der Waals surface area (Å²) < 4.78 is 10.5. The first-order valence-electron chi connectivity index (χ1n) is 7.55. The molecule has 6 heteroatoms. The molecule has 0 aliphatic heterocycles. The molecule has 1 aliphatic rings. The monoisotopic (exact) mass is 321 g/mol. The third kappa shape index (κ3) is 4.37. The van der Waals surface area contributed by atoms with Crippen LogP contribution in [0.15, 0.2) is 18.2 Å². The second-order valence-corrected chi connectivity index (χ2v) is 6.92. The van der Waals surface area contributed by atoms with E-state index in [4.69, 9.17) is 9.47 Å². The van der Waals surface area contributed by atoms with Crippen molar-refractivity contribution in [3.05, 3.63) is 23.8 Å². The number of anilines is 1. The van der Waals surface area contributed by atoms with Gasteiger partial charge in [-0.2, -0.15) is 0 Å². The number of benzene rings is 1. The lowest BCUT2D eigenvalue weighted by Crippen LogP contribution is -2.27. The van der Waals surface area contributed by atoms with E-state index in [0.29, 0.717) is 30.7 Å². The highest BCUT2D eigenvalue weighted by molar-refractivity contribution is 5.87. The maximum absolute atomic E-state index is 11.8. The second-order valence-electron chi connectivity index (χ2n) is 6.92. The Morgan fingerprint density at radius 1 is 1.30 bits per heavy atom. The summed E-state index contributed by atoms with van der Waals surface area (Å²) >= 11 is 0. The van der Waals surface area contributed by atoms with E-state index in [1.165, 1.54) is 7.11 Å². The Morgan fingerprint density at radius 2 is 1.96 bits per heavy atom. The van der Waals surface area contributed by atoms with Crippen LogP contribution in [0.3, 0.4) is 0 Å². The van der Waals surface area contributed by atoms with Crippen molar-refractivity contribution < 1.29 is 24.2 Å². The quantitative estimate of drug-likeness (QED) is 0.867. The van der Waals surface area contributed by atoms with Gasteiger partial charge in [-0.1, -0.05) is 6.07 Å². The molecule has 0 heterocycles. The molecule has 0 spiro atoms. The molecule has 0 bridgehead atoms.